The van der Waals surface area contributed by atoms with Crippen LogP contribution < -0.4 is 14.2 Å². The highest BCUT2D eigenvalue weighted by Gasteiger charge is 2.35. The van der Waals surface area contributed by atoms with Crippen LogP contribution in [0.25, 0.3) is 0 Å². The van der Waals surface area contributed by atoms with Gasteiger partial charge in [-0.2, -0.15) is 0 Å². The summed E-state index contributed by atoms with van der Waals surface area (Å²) in [5, 5.41) is 2.09. The number of carbonyl (C=O) groups is 1. The first-order chi connectivity index (χ1) is 14.2. The van der Waals surface area contributed by atoms with Gasteiger partial charge in [0.2, 0.25) is 0 Å². The van der Waals surface area contributed by atoms with Crippen molar-refractivity contribution in [3.8, 4) is 17.2 Å². The molecule has 150 valence electrons. The number of benzene rings is 2. The lowest BCUT2D eigenvalue weighted by molar-refractivity contribution is 0.0696. The molecule has 0 bridgehead atoms. The second-order valence-corrected chi connectivity index (χ2v) is 7.75. The van der Waals surface area contributed by atoms with Crippen LogP contribution in [-0.2, 0) is 6.42 Å². The number of amides is 1. The molecule has 2 heterocycles. The largest absolute Gasteiger partial charge is 0.497 e. The summed E-state index contributed by atoms with van der Waals surface area (Å²) in [4.78, 5) is 16.6. The van der Waals surface area contributed by atoms with E-state index >= 15 is 0 Å². The van der Waals surface area contributed by atoms with Crippen molar-refractivity contribution >= 4 is 17.2 Å². The van der Waals surface area contributed by atoms with Gasteiger partial charge in [-0.15, -0.1) is 11.3 Å². The standard InChI is InChI=1S/C23H23NO4S/c1-26-17-6-4-16(5-7-17)23(25)24-12-10-15-11-13-29-22(15)21(24)19-9-8-18(27-2)14-20(19)28-3/h4-9,11,13-14,21H,10,12H2,1-3H3. The molecule has 1 amide bonds. The molecule has 1 atom stereocenters. The van der Waals surface area contributed by atoms with Gasteiger partial charge in [0.15, 0.2) is 0 Å². The lowest BCUT2D eigenvalue weighted by atomic mass is 9.93. The van der Waals surface area contributed by atoms with E-state index in [0.717, 1.165) is 23.5 Å². The van der Waals surface area contributed by atoms with Crippen molar-refractivity contribution < 1.29 is 19.0 Å². The second-order valence-electron chi connectivity index (χ2n) is 6.80. The van der Waals surface area contributed by atoms with E-state index in [1.165, 1.54) is 10.4 Å². The maximum atomic E-state index is 13.5. The van der Waals surface area contributed by atoms with Crippen LogP contribution in [0.3, 0.4) is 0 Å². The van der Waals surface area contributed by atoms with Gasteiger partial charge in [-0.3, -0.25) is 4.79 Å². The molecule has 1 aliphatic rings. The molecular formula is C23H23NO4S. The Bertz CT molecular complexity index is 1010. The molecule has 0 radical (unpaired) electrons. The summed E-state index contributed by atoms with van der Waals surface area (Å²) in [7, 11) is 4.89. The van der Waals surface area contributed by atoms with Crippen molar-refractivity contribution in [2.24, 2.45) is 0 Å². The highest BCUT2D eigenvalue weighted by atomic mass is 32.1. The van der Waals surface area contributed by atoms with Crippen LogP contribution in [0, 0.1) is 0 Å². The van der Waals surface area contributed by atoms with E-state index in [1.807, 2.05) is 47.4 Å². The monoisotopic (exact) mass is 409 g/mol. The molecule has 1 aliphatic heterocycles. The Kier molecular flexibility index (Phi) is 5.45. The van der Waals surface area contributed by atoms with Crippen LogP contribution in [0.2, 0.25) is 0 Å². The molecule has 1 unspecified atom stereocenters. The first-order valence-corrected chi connectivity index (χ1v) is 10.3. The Balaban J connectivity index is 1.78. The van der Waals surface area contributed by atoms with Gasteiger partial charge in [-0.05, 0) is 59.8 Å². The SMILES string of the molecule is COc1ccc(C(=O)N2CCc3ccsc3C2c2ccc(OC)cc2OC)cc1. The molecule has 2 aromatic carbocycles. The fraction of sp³-hybridized carbons (Fsp3) is 0.261. The van der Waals surface area contributed by atoms with Crippen molar-refractivity contribution in [1.82, 2.24) is 4.90 Å². The fourth-order valence-corrected chi connectivity index (χ4v) is 4.86. The number of carbonyl (C=O) groups excluding carboxylic acids is 1. The molecule has 1 aromatic heterocycles. The first kappa shape index (κ1) is 19.3. The van der Waals surface area contributed by atoms with Crippen LogP contribution in [0.15, 0.2) is 53.9 Å². The van der Waals surface area contributed by atoms with Crippen molar-refractivity contribution in [2.75, 3.05) is 27.9 Å². The average molecular weight is 410 g/mol. The van der Waals surface area contributed by atoms with Gasteiger partial charge in [0.25, 0.3) is 5.91 Å². The number of fused-ring (bicyclic) bond motifs is 1. The molecule has 0 saturated carbocycles. The van der Waals surface area contributed by atoms with Gasteiger partial charge in [0.1, 0.15) is 17.2 Å². The summed E-state index contributed by atoms with van der Waals surface area (Å²) in [6.07, 6.45) is 0.843. The maximum Gasteiger partial charge on any atom is 0.254 e. The van der Waals surface area contributed by atoms with Gasteiger partial charge in [-0.25, -0.2) is 0 Å². The number of ether oxygens (including phenoxy) is 3. The number of methoxy groups -OCH3 is 3. The highest BCUT2D eigenvalue weighted by Crippen LogP contribution is 2.43. The first-order valence-electron chi connectivity index (χ1n) is 9.39. The minimum Gasteiger partial charge on any atom is -0.497 e. The normalized spacial score (nSPS) is 15.6. The highest BCUT2D eigenvalue weighted by molar-refractivity contribution is 7.10. The predicted molar refractivity (Wildman–Crippen MR) is 113 cm³/mol. The third-order valence-electron chi connectivity index (χ3n) is 5.30. The third kappa shape index (κ3) is 3.56. The van der Waals surface area contributed by atoms with Crippen LogP contribution >= 0.6 is 11.3 Å². The van der Waals surface area contributed by atoms with Crippen LogP contribution in [0.1, 0.15) is 32.4 Å². The molecule has 6 heteroatoms. The molecule has 0 N–H and O–H groups in total. The minimum atomic E-state index is -0.200. The minimum absolute atomic E-state index is 0.00502. The smallest absolute Gasteiger partial charge is 0.254 e. The van der Waals surface area contributed by atoms with E-state index in [1.54, 1.807) is 32.7 Å². The predicted octanol–water partition coefficient (Wildman–Crippen LogP) is 4.56. The molecule has 0 spiro atoms. The average Bonchev–Trinajstić information content (AvgIpc) is 3.26. The van der Waals surface area contributed by atoms with Crippen LogP contribution in [-0.4, -0.2) is 38.7 Å². The molecule has 0 saturated heterocycles. The van der Waals surface area contributed by atoms with E-state index < -0.39 is 0 Å². The van der Waals surface area contributed by atoms with Crippen molar-refractivity contribution in [2.45, 2.75) is 12.5 Å². The summed E-state index contributed by atoms with van der Waals surface area (Å²) in [6, 6.07) is 15.0. The number of thiophene rings is 1. The number of nitrogens with zero attached hydrogens (tertiary/aromatic N) is 1. The fourth-order valence-electron chi connectivity index (χ4n) is 3.78. The zero-order valence-corrected chi connectivity index (χ0v) is 17.5. The summed E-state index contributed by atoms with van der Waals surface area (Å²) in [5.41, 5.74) is 2.89. The molecule has 0 aliphatic carbocycles. The molecule has 3 aromatic rings. The van der Waals surface area contributed by atoms with E-state index in [0.29, 0.717) is 17.9 Å². The van der Waals surface area contributed by atoms with Crippen molar-refractivity contribution in [3.63, 3.8) is 0 Å². The molecular weight excluding hydrogens is 386 g/mol. The van der Waals surface area contributed by atoms with Crippen molar-refractivity contribution in [3.05, 3.63) is 75.5 Å². The van der Waals surface area contributed by atoms with Gasteiger partial charge in [0.05, 0.1) is 27.4 Å². The van der Waals surface area contributed by atoms with E-state index in [2.05, 4.69) is 11.4 Å². The summed E-state index contributed by atoms with van der Waals surface area (Å²) >= 11 is 1.68. The summed E-state index contributed by atoms with van der Waals surface area (Å²) in [5.74, 6) is 2.16. The lowest BCUT2D eigenvalue weighted by Crippen LogP contribution is -2.40. The zero-order valence-electron chi connectivity index (χ0n) is 16.7. The lowest BCUT2D eigenvalue weighted by Gasteiger charge is -2.36. The van der Waals surface area contributed by atoms with Gasteiger partial charge >= 0.3 is 0 Å². The zero-order chi connectivity index (χ0) is 20.4. The van der Waals surface area contributed by atoms with E-state index in [9.17, 15) is 4.79 Å². The molecule has 4 rings (SSSR count). The Labute approximate surface area is 174 Å². The number of hydrogen-bond donors (Lipinski definition) is 0. The van der Waals surface area contributed by atoms with Crippen LogP contribution in [0.4, 0.5) is 0 Å². The number of hydrogen-bond acceptors (Lipinski definition) is 5. The Morgan fingerprint density at radius 3 is 2.38 bits per heavy atom. The van der Waals surface area contributed by atoms with Gasteiger partial charge in [0, 0.05) is 28.6 Å². The Morgan fingerprint density at radius 2 is 1.69 bits per heavy atom. The topological polar surface area (TPSA) is 48.0 Å². The number of rotatable bonds is 5. The molecule has 29 heavy (non-hydrogen) atoms. The quantitative estimate of drug-likeness (QED) is 0.620. The maximum absolute atomic E-state index is 13.5. The van der Waals surface area contributed by atoms with Gasteiger partial charge < -0.3 is 19.1 Å². The van der Waals surface area contributed by atoms with E-state index in [4.69, 9.17) is 14.2 Å². The summed E-state index contributed by atoms with van der Waals surface area (Å²) < 4.78 is 16.2. The Morgan fingerprint density at radius 1 is 0.966 bits per heavy atom. The molecule has 0 fully saturated rings. The molecule has 5 nitrogen and oxygen atoms in total. The third-order valence-corrected chi connectivity index (χ3v) is 6.31. The van der Waals surface area contributed by atoms with Gasteiger partial charge in [-0.1, -0.05) is 0 Å². The van der Waals surface area contributed by atoms with E-state index in [-0.39, 0.29) is 11.9 Å². The van der Waals surface area contributed by atoms with Crippen LogP contribution in [0.5, 0.6) is 17.2 Å². The second kappa shape index (κ2) is 8.17. The van der Waals surface area contributed by atoms with Crippen molar-refractivity contribution in [1.29, 1.82) is 0 Å². The Hall–Kier alpha value is -2.99. The summed E-state index contributed by atoms with van der Waals surface area (Å²) in [6.45, 7) is 0.647.